The van der Waals surface area contributed by atoms with E-state index in [9.17, 15) is 4.79 Å². The fourth-order valence-electron chi connectivity index (χ4n) is 1.78. The fourth-order valence-corrected chi connectivity index (χ4v) is 2.62. The Labute approximate surface area is 125 Å². The largest absolute Gasteiger partial charge is 0.467 e. The average Bonchev–Trinajstić information content (AvgIpc) is 3.13. The normalized spacial score (nSPS) is 17.2. The molecule has 0 atom stereocenters. The van der Waals surface area contributed by atoms with Crippen molar-refractivity contribution in [2.45, 2.75) is 6.54 Å². The Bertz CT molecular complexity index is 668. The number of carbonyl (C=O) groups excluding carboxylic acids is 1. The lowest BCUT2D eigenvalue weighted by Gasteiger charge is -2.12. The van der Waals surface area contributed by atoms with Crippen LogP contribution in [0.4, 0.5) is 0 Å². The summed E-state index contributed by atoms with van der Waals surface area (Å²) in [5.74, 6) is 1.10. The van der Waals surface area contributed by atoms with Crippen LogP contribution in [0.2, 0.25) is 0 Å². The molecule has 3 rings (SSSR count). The van der Waals surface area contributed by atoms with Crippen LogP contribution in [0, 0.1) is 0 Å². The van der Waals surface area contributed by atoms with E-state index in [0.29, 0.717) is 17.5 Å². The first-order valence-corrected chi connectivity index (χ1v) is 7.28. The third-order valence-corrected chi connectivity index (χ3v) is 3.74. The lowest BCUT2D eigenvalue weighted by Crippen LogP contribution is -2.28. The molecule has 0 N–H and O–H groups in total. The molecular formula is C14H12N4O2S. The first-order chi connectivity index (χ1) is 10.3. The molecule has 6 nitrogen and oxygen atoms in total. The zero-order valence-electron chi connectivity index (χ0n) is 11.0. The van der Waals surface area contributed by atoms with E-state index in [-0.39, 0.29) is 5.91 Å². The van der Waals surface area contributed by atoms with Gasteiger partial charge in [0, 0.05) is 18.0 Å². The molecule has 1 aliphatic heterocycles. The van der Waals surface area contributed by atoms with E-state index in [1.165, 1.54) is 11.8 Å². The van der Waals surface area contributed by atoms with Gasteiger partial charge in [0.15, 0.2) is 5.17 Å². The molecule has 1 saturated heterocycles. The molecule has 1 amide bonds. The summed E-state index contributed by atoms with van der Waals surface area (Å²) in [4.78, 5) is 17.4. The molecule has 3 heterocycles. The lowest BCUT2D eigenvalue weighted by atomic mass is 10.3. The highest BCUT2D eigenvalue weighted by Crippen LogP contribution is 2.22. The van der Waals surface area contributed by atoms with Gasteiger partial charge in [0.25, 0.3) is 0 Å². The fraction of sp³-hybridized carbons (Fsp3) is 0.143. The minimum absolute atomic E-state index is 0.00623. The van der Waals surface area contributed by atoms with Crippen molar-refractivity contribution >= 4 is 29.1 Å². The van der Waals surface area contributed by atoms with Gasteiger partial charge in [-0.2, -0.15) is 5.10 Å². The number of amidine groups is 1. The topological polar surface area (TPSA) is 71.1 Å². The van der Waals surface area contributed by atoms with Crippen molar-refractivity contribution in [1.29, 1.82) is 0 Å². The first-order valence-electron chi connectivity index (χ1n) is 6.29. The van der Waals surface area contributed by atoms with Crippen LogP contribution in [0.1, 0.15) is 11.3 Å². The molecule has 0 bridgehead atoms. The Kier molecular flexibility index (Phi) is 4.11. The van der Waals surface area contributed by atoms with Crippen molar-refractivity contribution in [2.24, 2.45) is 10.2 Å². The van der Waals surface area contributed by atoms with Gasteiger partial charge in [-0.15, -0.1) is 5.10 Å². The molecular weight excluding hydrogens is 288 g/mol. The standard InChI is InChI=1S/C14H12N4O2S/c19-13-10-21-14(18(13)9-12-4-2-6-20-12)17-16-8-11-3-1-5-15-7-11/h1-8H,9-10H2/b16-8-,17-14-. The van der Waals surface area contributed by atoms with Crippen LogP contribution < -0.4 is 0 Å². The van der Waals surface area contributed by atoms with E-state index >= 15 is 0 Å². The van der Waals surface area contributed by atoms with Crippen LogP contribution >= 0.6 is 11.8 Å². The monoisotopic (exact) mass is 300 g/mol. The number of nitrogens with zero attached hydrogens (tertiary/aromatic N) is 4. The van der Waals surface area contributed by atoms with Crippen LogP contribution in [0.5, 0.6) is 0 Å². The summed E-state index contributed by atoms with van der Waals surface area (Å²) < 4.78 is 5.26. The van der Waals surface area contributed by atoms with Crippen molar-refractivity contribution in [1.82, 2.24) is 9.88 Å². The second kappa shape index (κ2) is 6.36. The van der Waals surface area contributed by atoms with Gasteiger partial charge in [0.1, 0.15) is 5.76 Å². The summed E-state index contributed by atoms with van der Waals surface area (Å²) in [6.07, 6.45) is 6.58. The van der Waals surface area contributed by atoms with Crippen LogP contribution in [-0.4, -0.2) is 32.9 Å². The molecule has 0 radical (unpaired) electrons. The van der Waals surface area contributed by atoms with Crippen LogP contribution in [0.15, 0.2) is 57.5 Å². The Hall–Kier alpha value is -2.41. The van der Waals surface area contributed by atoms with Crippen molar-refractivity contribution in [3.63, 3.8) is 0 Å². The summed E-state index contributed by atoms with van der Waals surface area (Å²) in [6, 6.07) is 7.32. The zero-order valence-corrected chi connectivity index (χ0v) is 11.9. The average molecular weight is 300 g/mol. The molecule has 2 aromatic rings. The summed E-state index contributed by atoms with van der Waals surface area (Å²) in [6.45, 7) is 0.375. The Balaban J connectivity index is 1.72. The minimum atomic E-state index is 0.00623. The van der Waals surface area contributed by atoms with Gasteiger partial charge < -0.3 is 4.42 Å². The molecule has 7 heteroatoms. The molecule has 21 heavy (non-hydrogen) atoms. The number of pyridine rings is 1. The predicted octanol–water partition coefficient (Wildman–Crippen LogP) is 2.14. The first kappa shape index (κ1) is 13.6. The van der Waals surface area contributed by atoms with E-state index in [2.05, 4.69) is 15.2 Å². The van der Waals surface area contributed by atoms with Gasteiger partial charge in [-0.25, -0.2) is 0 Å². The highest BCUT2D eigenvalue weighted by atomic mass is 32.2. The summed E-state index contributed by atoms with van der Waals surface area (Å²) in [5.41, 5.74) is 0.855. The van der Waals surface area contributed by atoms with Crippen LogP contribution in [0.25, 0.3) is 0 Å². The summed E-state index contributed by atoms with van der Waals surface area (Å²) in [7, 11) is 0. The van der Waals surface area contributed by atoms with Gasteiger partial charge in [-0.1, -0.05) is 17.8 Å². The number of carbonyl (C=O) groups is 1. The number of aromatic nitrogens is 1. The second-order valence-corrected chi connectivity index (χ2v) is 5.20. The highest BCUT2D eigenvalue weighted by molar-refractivity contribution is 8.15. The van der Waals surface area contributed by atoms with Gasteiger partial charge >= 0.3 is 0 Å². The van der Waals surface area contributed by atoms with E-state index in [1.54, 1.807) is 35.8 Å². The van der Waals surface area contributed by atoms with Crippen LogP contribution in [0.3, 0.4) is 0 Å². The zero-order chi connectivity index (χ0) is 14.5. The maximum atomic E-state index is 11.9. The maximum absolute atomic E-state index is 11.9. The number of hydrogen-bond acceptors (Lipinski definition) is 6. The van der Waals surface area contributed by atoms with E-state index in [4.69, 9.17) is 4.42 Å². The van der Waals surface area contributed by atoms with Gasteiger partial charge in [-0.3, -0.25) is 14.7 Å². The maximum Gasteiger partial charge on any atom is 0.239 e. The van der Waals surface area contributed by atoms with Gasteiger partial charge in [0.2, 0.25) is 5.91 Å². The molecule has 1 fully saturated rings. The summed E-state index contributed by atoms with van der Waals surface area (Å²) >= 11 is 1.37. The van der Waals surface area contributed by atoms with Crippen LogP contribution in [-0.2, 0) is 11.3 Å². The molecule has 0 spiro atoms. The van der Waals surface area contributed by atoms with Gasteiger partial charge in [-0.05, 0) is 18.2 Å². The predicted molar refractivity (Wildman–Crippen MR) is 81.0 cm³/mol. The number of furan rings is 1. The SMILES string of the molecule is O=C1CS/C(=N\N=C/c2cccnc2)N1Cc1ccco1. The van der Waals surface area contributed by atoms with Crippen molar-refractivity contribution in [2.75, 3.05) is 5.75 Å². The number of rotatable bonds is 4. The molecule has 0 aromatic carbocycles. The van der Waals surface area contributed by atoms with E-state index in [1.807, 2.05) is 18.2 Å². The molecule has 106 valence electrons. The third-order valence-electron chi connectivity index (χ3n) is 2.79. The highest BCUT2D eigenvalue weighted by Gasteiger charge is 2.29. The van der Waals surface area contributed by atoms with Crippen molar-refractivity contribution < 1.29 is 9.21 Å². The molecule has 2 aromatic heterocycles. The van der Waals surface area contributed by atoms with Crippen molar-refractivity contribution in [3.05, 3.63) is 54.2 Å². The number of hydrogen-bond donors (Lipinski definition) is 0. The molecule has 0 unspecified atom stereocenters. The number of amides is 1. The third kappa shape index (κ3) is 3.38. The lowest BCUT2D eigenvalue weighted by molar-refractivity contribution is -0.124. The van der Waals surface area contributed by atoms with Gasteiger partial charge in [0.05, 0.1) is 24.8 Å². The molecule has 0 saturated carbocycles. The quantitative estimate of drug-likeness (QED) is 0.640. The van der Waals surface area contributed by atoms with E-state index < -0.39 is 0 Å². The summed E-state index contributed by atoms with van der Waals surface area (Å²) in [5, 5.41) is 8.71. The van der Waals surface area contributed by atoms with E-state index in [0.717, 1.165) is 11.3 Å². The Morgan fingerprint density at radius 2 is 2.38 bits per heavy atom. The smallest absolute Gasteiger partial charge is 0.239 e. The molecule has 1 aliphatic rings. The molecule has 0 aliphatic carbocycles. The van der Waals surface area contributed by atoms with Crippen molar-refractivity contribution in [3.8, 4) is 0 Å². The Morgan fingerprint density at radius 3 is 3.14 bits per heavy atom. The number of thioether (sulfide) groups is 1. The second-order valence-electron chi connectivity index (χ2n) is 4.26. The Morgan fingerprint density at radius 1 is 1.43 bits per heavy atom. The minimum Gasteiger partial charge on any atom is -0.467 e.